The van der Waals surface area contributed by atoms with Crippen molar-refractivity contribution in [2.45, 2.75) is 36.7 Å². The van der Waals surface area contributed by atoms with Gasteiger partial charge in [0.15, 0.2) is 6.61 Å². The lowest BCUT2D eigenvalue weighted by Gasteiger charge is -2.36. The highest BCUT2D eigenvalue weighted by atomic mass is 32.2. The number of thiazole rings is 1. The molecule has 0 unspecified atom stereocenters. The van der Waals surface area contributed by atoms with Gasteiger partial charge in [0.05, 0.1) is 18.4 Å². The van der Waals surface area contributed by atoms with Crippen molar-refractivity contribution in [2.75, 3.05) is 44.8 Å². The van der Waals surface area contributed by atoms with Crippen LogP contribution < -0.4 is 14.4 Å². The number of rotatable bonds is 12. The van der Waals surface area contributed by atoms with Crippen LogP contribution >= 0.6 is 23.1 Å². The third-order valence-electron chi connectivity index (χ3n) is 7.55. The van der Waals surface area contributed by atoms with Gasteiger partial charge in [-0.15, -0.1) is 23.1 Å². The molecule has 1 fully saturated rings. The number of aliphatic carboxylic acids is 1. The molecule has 0 aliphatic carbocycles. The summed E-state index contributed by atoms with van der Waals surface area (Å²) < 4.78 is 50.2. The summed E-state index contributed by atoms with van der Waals surface area (Å²) in [7, 11) is 1.65. The van der Waals surface area contributed by atoms with Crippen LogP contribution in [0.1, 0.15) is 28.6 Å². The number of ether oxygens (including phenoxy) is 2. The van der Waals surface area contributed by atoms with Gasteiger partial charge < -0.3 is 19.5 Å². The summed E-state index contributed by atoms with van der Waals surface area (Å²) in [6, 6.07) is 19.0. The van der Waals surface area contributed by atoms with Gasteiger partial charge in [0.2, 0.25) is 0 Å². The van der Waals surface area contributed by atoms with Crippen molar-refractivity contribution in [1.82, 2.24) is 9.88 Å². The van der Waals surface area contributed by atoms with E-state index in [2.05, 4.69) is 21.9 Å². The Kier molecular flexibility index (Phi) is 10.6. The van der Waals surface area contributed by atoms with Crippen LogP contribution in [-0.2, 0) is 29.7 Å². The predicted octanol–water partition coefficient (Wildman–Crippen LogP) is 7.48. The minimum absolute atomic E-state index is 0.398. The van der Waals surface area contributed by atoms with Crippen LogP contribution in [0.4, 0.5) is 18.9 Å². The molecule has 1 aliphatic rings. The van der Waals surface area contributed by atoms with E-state index in [1.807, 2.05) is 31.2 Å². The third kappa shape index (κ3) is 8.50. The van der Waals surface area contributed by atoms with Crippen LogP contribution in [-0.4, -0.2) is 60.9 Å². The van der Waals surface area contributed by atoms with E-state index in [1.165, 1.54) is 23.5 Å². The van der Waals surface area contributed by atoms with Crippen LogP contribution in [0.25, 0.3) is 10.6 Å². The summed E-state index contributed by atoms with van der Waals surface area (Å²) in [5.74, 6) is 0.988. The number of carboxylic acid groups (broad SMARTS) is 1. The van der Waals surface area contributed by atoms with Crippen molar-refractivity contribution in [3.8, 4) is 22.1 Å². The van der Waals surface area contributed by atoms with Gasteiger partial charge in [-0.3, -0.25) is 4.90 Å². The number of anilines is 1. The number of hydrogen-bond acceptors (Lipinski definition) is 8. The van der Waals surface area contributed by atoms with Gasteiger partial charge in [-0.2, -0.15) is 13.2 Å². The summed E-state index contributed by atoms with van der Waals surface area (Å²) in [4.78, 5) is 22.7. The maximum atomic E-state index is 13.2. The smallest absolute Gasteiger partial charge is 0.416 e. The highest BCUT2D eigenvalue weighted by Crippen LogP contribution is 2.37. The number of benzene rings is 3. The van der Waals surface area contributed by atoms with Gasteiger partial charge >= 0.3 is 12.1 Å². The van der Waals surface area contributed by atoms with Crippen LogP contribution in [0.2, 0.25) is 0 Å². The van der Waals surface area contributed by atoms with E-state index < -0.39 is 24.3 Å². The Morgan fingerprint density at radius 1 is 1.02 bits per heavy atom. The molecule has 0 atom stereocenters. The lowest BCUT2D eigenvalue weighted by Crippen LogP contribution is -2.46. The number of methoxy groups -OCH3 is 1. The number of carboxylic acids is 1. The Morgan fingerprint density at radius 2 is 1.73 bits per heavy atom. The van der Waals surface area contributed by atoms with Crippen LogP contribution in [0, 0.1) is 0 Å². The average molecular weight is 658 g/mol. The summed E-state index contributed by atoms with van der Waals surface area (Å²) in [6.07, 6.45) is -3.70. The lowest BCUT2D eigenvalue weighted by molar-refractivity contribution is -0.139. The molecule has 1 aliphatic heterocycles. The number of aryl methyl sites for hydroxylation is 1. The number of thioether (sulfide) groups is 1. The predicted molar refractivity (Wildman–Crippen MR) is 172 cm³/mol. The second-order valence-corrected chi connectivity index (χ2v) is 12.7. The number of piperazine rings is 1. The fourth-order valence-electron chi connectivity index (χ4n) is 5.07. The van der Waals surface area contributed by atoms with Gasteiger partial charge in [0.1, 0.15) is 16.5 Å². The van der Waals surface area contributed by atoms with Gasteiger partial charge in [0, 0.05) is 59.5 Å². The van der Waals surface area contributed by atoms with Gasteiger partial charge in [-0.1, -0.05) is 19.1 Å². The molecule has 2 heterocycles. The molecule has 7 nitrogen and oxygen atoms in total. The van der Waals surface area contributed by atoms with Crippen molar-refractivity contribution in [2.24, 2.45) is 0 Å². The lowest BCUT2D eigenvalue weighted by atomic mass is 10.1. The Balaban J connectivity index is 1.32. The topological polar surface area (TPSA) is 75.1 Å². The first-order valence-electron chi connectivity index (χ1n) is 14.5. The molecule has 12 heteroatoms. The number of nitrogens with zero attached hydrogens (tertiary/aromatic N) is 3. The minimum Gasteiger partial charge on any atom is -0.497 e. The summed E-state index contributed by atoms with van der Waals surface area (Å²) in [5.41, 5.74) is 2.97. The Labute approximate surface area is 268 Å². The average Bonchev–Trinajstić information content (AvgIpc) is 3.45. The molecule has 0 spiro atoms. The molecule has 1 saturated heterocycles. The largest absolute Gasteiger partial charge is 0.497 e. The third-order valence-corrected chi connectivity index (χ3v) is 9.90. The summed E-state index contributed by atoms with van der Waals surface area (Å²) in [5, 5.41) is 9.66. The van der Waals surface area contributed by atoms with E-state index in [9.17, 15) is 18.0 Å². The Morgan fingerprint density at radius 3 is 2.36 bits per heavy atom. The first-order valence-corrected chi connectivity index (χ1v) is 16.3. The molecule has 3 aromatic carbocycles. The Bertz CT molecular complexity index is 1590. The molecule has 5 rings (SSSR count). The fraction of sp³-hybridized carbons (Fsp3) is 0.333. The normalized spacial score (nSPS) is 14.0. The van der Waals surface area contributed by atoms with E-state index in [-0.39, 0.29) is 0 Å². The van der Waals surface area contributed by atoms with Crippen LogP contribution in [0.5, 0.6) is 11.5 Å². The number of aromatic nitrogens is 1. The molecular formula is C33H34F3N3O4S2. The van der Waals surface area contributed by atoms with Gasteiger partial charge in [0.25, 0.3) is 0 Å². The maximum Gasteiger partial charge on any atom is 0.416 e. The molecule has 238 valence electrons. The number of carbonyl (C=O) groups is 1. The number of hydrogen-bond donors (Lipinski definition) is 1. The van der Waals surface area contributed by atoms with Gasteiger partial charge in [-0.25, -0.2) is 9.78 Å². The number of halogens is 3. The fourth-order valence-corrected chi connectivity index (χ4v) is 7.20. The van der Waals surface area contributed by atoms with E-state index in [4.69, 9.17) is 19.6 Å². The monoisotopic (exact) mass is 657 g/mol. The molecule has 4 aromatic rings. The molecule has 0 saturated carbocycles. The van der Waals surface area contributed by atoms with Crippen molar-refractivity contribution in [3.63, 3.8) is 0 Å². The molecule has 1 aromatic heterocycles. The van der Waals surface area contributed by atoms with Crippen molar-refractivity contribution in [1.29, 1.82) is 0 Å². The summed E-state index contributed by atoms with van der Waals surface area (Å²) in [6.45, 7) is 5.66. The first kappa shape index (κ1) is 32.6. The first-order chi connectivity index (χ1) is 21.6. The standard InChI is InChI=1S/C33H34F3N3O4S2/c1-3-22-18-27(12-13-29(22)43-20-31(40)41)44-21-30-28(37-32(45-30)23-4-6-24(7-5-23)33(34,35)36)19-38-14-16-39(17-15-38)25-8-10-26(42-2)11-9-25/h4-13,18H,3,14-17,19-21H2,1-2H3,(H,40,41). The van der Waals surface area contributed by atoms with E-state index in [0.717, 1.165) is 70.8 Å². The van der Waals surface area contributed by atoms with E-state index >= 15 is 0 Å². The van der Waals surface area contributed by atoms with Crippen molar-refractivity contribution < 1.29 is 32.5 Å². The van der Waals surface area contributed by atoms with E-state index in [1.54, 1.807) is 24.9 Å². The number of alkyl halides is 3. The second-order valence-electron chi connectivity index (χ2n) is 10.5. The van der Waals surface area contributed by atoms with Crippen molar-refractivity contribution >= 4 is 34.8 Å². The van der Waals surface area contributed by atoms with Crippen LogP contribution in [0.15, 0.2) is 71.6 Å². The maximum absolute atomic E-state index is 13.2. The highest BCUT2D eigenvalue weighted by molar-refractivity contribution is 7.98. The second kappa shape index (κ2) is 14.6. The molecule has 0 radical (unpaired) electrons. The highest BCUT2D eigenvalue weighted by Gasteiger charge is 2.30. The molecule has 1 N–H and O–H groups in total. The SMILES string of the molecule is CCc1cc(SCc2sc(-c3ccc(C(F)(F)F)cc3)nc2CN2CCN(c3ccc(OC)cc3)CC2)ccc1OCC(=O)O. The zero-order valence-electron chi connectivity index (χ0n) is 25.0. The minimum atomic E-state index is -4.39. The summed E-state index contributed by atoms with van der Waals surface area (Å²) >= 11 is 3.15. The van der Waals surface area contributed by atoms with Crippen molar-refractivity contribution in [3.05, 3.63) is 88.4 Å². The van der Waals surface area contributed by atoms with Crippen LogP contribution in [0.3, 0.4) is 0 Å². The molecule has 0 amide bonds. The van der Waals surface area contributed by atoms with Gasteiger partial charge in [-0.05, 0) is 66.6 Å². The molecule has 0 bridgehead atoms. The zero-order chi connectivity index (χ0) is 32.0. The quantitative estimate of drug-likeness (QED) is 0.157. The zero-order valence-corrected chi connectivity index (χ0v) is 26.6. The van der Waals surface area contributed by atoms with E-state index in [0.29, 0.717) is 35.0 Å². The molecular weight excluding hydrogens is 624 g/mol. The molecule has 45 heavy (non-hydrogen) atoms. The Hall–Kier alpha value is -3.74.